The average molecular weight is 360 g/mol. The molecule has 0 bridgehead atoms. The first-order chi connectivity index (χ1) is 11.9. The van der Waals surface area contributed by atoms with Crippen LogP contribution in [-0.4, -0.2) is 23.6 Å². The number of hydrogen-bond donors (Lipinski definition) is 2. The molecule has 3 rings (SSSR count). The second-order valence-electron chi connectivity index (χ2n) is 6.14. The van der Waals surface area contributed by atoms with E-state index in [1.165, 1.54) is 0 Å². The van der Waals surface area contributed by atoms with Crippen LogP contribution in [0.1, 0.15) is 24.0 Å². The van der Waals surface area contributed by atoms with Gasteiger partial charge in [-0.1, -0.05) is 23.7 Å². The molecule has 6 heteroatoms. The SMILES string of the molecule is CC(C(=O)O)c1ccc(NC(=O)C2COc3ccc(Cl)cc3C2)cc1. The Morgan fingerprint density at radius 1 is 1.24 bits per heavy atom. The normalized spacial score (nSPS) is 17.1. The Kier molecular flexibility index (Phi) is 4.95. The second-order valence-corrected chi connectivity index (χ2v) is 6.57. The van der Waals surface area contributed by atoms with Crippen LogP contribution < -0.4 is 10.1 Å². The van der Waals surface area contributed by atoms with E-state index in [0.29, 0.717) is 29.3 Å². The van der Waals surface area contributed by atoms with E-state index in [9.17, 15) is 9.59 Å². The van der Waals surface area contributed by atoms with Gasteiger partial charge in [0.05, 0.1) is 11.8 Å². The molecule has 0 spiro atoms. The standard InChI is InChI=1S/C19H18ClNO4/c1-11(19(23)24)12-2-5-16(6-3-12)21-18(22)14-8-13-9-15(20)4-7-17(13)25-10-14/h2-7,9,11,14H,8,10H2,1H3,(H,21,22)(H,23,24). The summed E-state index contributed by atoms with van der Waals surface area (Å²) in [5, 5.41) is 12.5. The first kappa shape index (κ1) is 17.3. The highest BCUT2D eigenvalue weighted by molar-refractivity contribution is 6.30. The molecule has 25 heavy (non-hydrogen) atoms. The fraction of sp³-hybridized carbons (Fsp3) is 0.263. The number of hydrogen-bond acceptors (Lipinski definition) is 3. The molecular weight excluding hydrogens is 342 g/mol. The van der Waals surface area contributed by atoms with Crippen molar-refractivity contribution in [1.29, 1.82) is 0 Å². The van der Waals surface area contributed by atoms with Gasteiger partial charge in [0.2, 0.25) is 5.91 Å². The maximum absolute atomic E-state index is 12.5. The highest BCUT2D eigenvalue weighted by atomic mass is 35.5. The molecule has 0 aromatic heterocycles. The lowest BCUT2D eigenvalue weighted by molar-refractivity contribution is -0.138. The Balaban J connectivity index is 1.66. The highest BCUT2D eigenvalue weighted by Crippen LogP contribution is 2.30. The number of anilines is 1. The molecule has 2 aromatic rings. The zero-order chi connectivity index (χ0) is 18.0. The molecular formula is C19H18ClNO4. The molecule has 0 radical (unpaired) electrons. The molecule has 1 aliphatic rings. The third kappa shape index (κ3) is 3.94. The number of amides is 1. The fourth-order valence-electron chi connectivity index (χ4n) is 2.77. The van der Waals surface area contributed by atoms with Gasteiger partial charge in [-0.15, -0.1) is 0 Å². The van der Waals surface area contributed by atoms with Crippen molar-refractivity contribution in [2.75, 3.05) is 11.9 Å². The van der Waals surface area contributed by atoms with Crippen LogP contribution in [0.25, 0.3) is 0 Å². The molecule has 1 heterocycles. The van der Waals surface area contributed by atoms with Crippen LogP contribution in [0.2, 0.25) is 5.02 Å². The van der Waals surface area contributed by atoms with Gasteiger partial charge in [-0.2, -0.15) is 0 Å². The number of carbonyl (C=O) groups excluding carboxylic acids is 1. The topological polar surface area (TPSA) is 75.6 Å². The Labute approximate surface area is 150 Å². The summed E-state index contributed by atoms with van der Waals surface area (Å²) in [6.45, 7) is 1.94. The van der Waals surface area contributed by atoms with Gasteiger partial charge >= 0.3 is 5.97 Å². The first-order valence-corrected chi connectivity index (χ1v) is 8.36. The quantitative estimate of drug-likeness (QED) is 0.872. The van der Waals surface area contributed by atoms with Gasteiger partial charge in [0, 0.05) is 10.7 Å². The summed E-state index contributed by atoms with van der Waals surface area (Å²) in [4.78, 5) is 23.5. The van der Waals surface area contributed by atoms with Crippen molar-refractivity contribution in [3.05, 3.63) is 58.6 Å². The minimum absolute atomic E-state index is 0.135. The summed E-state index contributed by atoms with van der Waals surface area (Å²) in [6.07, 6.45) is 0.565. The summed E-state index contributed by atoms with van der Waals surface area (Å²) < 4.78 is 5.64. The van der Waals surface area contributed by atoms with E-state index in [0.717, 1.165) is 11.3 Å². The van der Waals surface area contributed by atoms with E-state index >= 15 is 0 Å². The van der Waals surface area contributed by atoms with Crippen LogP contribution in [0.5, 0.6) is 5.75 Å². The second kappa shape index (κ2) is 7.15. The Morgan fingerprint density at radius 3 is 2.64 bits per heavy atom. The van der Waals surface area contributed by atoms with Gasteiger partial charge in [-0.3, -0.25) is 9.59 Å². The molecule has 1 amide bonds. The predicted octanol–water partition coefficient (Wildman–Crippen LogP) is 3.72. The van der Waals surface area contributed by atoms with Crippen LogP contribution >= 0.6 is 11.6 Å². The number of halogens is 1. The van der Waals surface area contributed by atoms with Crippen molar-refractivity contribution in [2.45, 2.75) is 19.3 Å². The van der Waals surface area contributed by atoms with Crippen LogP contribution in [-0.2, 0) is 16.0 Å². The average Bonchev–Trinajstić information content (AvgIpc) is 2.61. The number of carboxylic acid groups (broad SMARTS) is 1. The van der Waals surface area contributed by atoms with Gasteiger partial charge in [0.25, 0.3) is 0 Å². The number of fused-ring (bicyclic) bond motifs is 1. The fourth-order valence-corrected chi connectivity index (χ4v) is 2.97. The van der Waals surface area contributed by atoms with E-state index in [4.69, 9.17) is 21.4 Å². The molecule has 2 unspecified atom stereocenters. The van der Waals surface area contributed by atoms with Crippen molar-refractivity contribution < 1.29 is 19.4 Å². The van der Waals surface area contributed by atoms with Gasteiger partial charge in [-0.25, -0.2) is 0 Å². The minimum Gasteiger partial charge on any atom is -0.492 e. The van der Waals surface area contributed by atoms with Gasteiger partial charge < -0.3 is 15.2 Å². The molecule has 130 valence electrons. The minimum atomic E-state index is -0.881. The molecule has 0 saturated carbocycles. The van der Waals surface area contributed by atoms with E-state index in [1.807, 2.05) is 12.1 Å². The number of nitrogens with one attached hydrogen (secondary N) is 1. The van der Waals surface area contributed by atoms with Crippen molar-refractivity contribution in [2.24, 2.45) is 5.92 Å². The van der Waals surface area contributed by atoms with E-state index in [2.05, 4.69) is 5.32 Å². The molecule has 2 atom stereocenters. The number of benzene rings is 2. The van der Waals surface area contributed by atoms with Crippen molar-refractivity contribution in [3.8, 4) is 5.75 Å². The molecule has 5 nitrogen and oxygen atoms in total. The van der Waals surface area contributed by atoms with Gasteiger partial charge in [0.15, 0.2) is 0 Å². The number of rotatable bonds is 4. The first-order valence-electron chi connectivity index (χ1n) is 7.99. The van der Waals surface area contributed by atoms with E-state index in [-0.39, 0.29) is 11.8 Å². The predicted molar refractivity (Wildman–Crippen MR) is 95.3 cm³/mol. The van der Waals surface area contributed by atoms with Crippen LogP contribution in [0.15, 0.2) is 42.5 Å². The molecule has 2 N–H and O–H groups in total. The van der Waals surface area contributed by atoms with E-state index in [1.54, 1.807) is 37.3 Å². The van der Waals surface area contributed by atoms with Crippen molar-refractivity contribution in [3.63, 3.8) is 0 Å². The smallest absolute Gasteiger partial charge is 0.310 e. The maximum atomic E-state index is 12.5. The molecule has 1 aliphatic heterocycles. The number of carboxylic acids is 1. The van der Waals surface area contributed by atoms with Crippen LogP contribution in [0, 0.1) is 5.92 Å². The Hall–Kier alpha value is -2.53. The number of ether oxygens (including phenoxy) is 1. The van der Waals surface area contributed by atoms with Crippen molar-refractivity contribution in [1.82, 2.24) is 0 Å². The summed E-state index contributed by atoms with van der Waals surface area (Å²) in [7, 11) is 0. The number of aliphatic carboxylic acids is 1. The molecule has 0 fully saturated rings. The largest absolute Gasteiger partial charge is 0.492 e. The molecule has 2 aromatic carbocycles. The van der Waals surface area contributed by atoms with Crippen LogP contribution in [0.4, 0.5) is 5.69 Å². The van der Waals surface area contributed by atoms with Crippen molar-refractivity contribution >= 4 is 29.2 Å². The third-order valence-corrected chi connectivity index (χ3v) is 4.58. The summed E-state index contributed by atoms with van der Waals surface area (Å²) in [6, 6.07) is 12.2. The lowest BCUT2D eigenvalue weighted by Crippen LogP contribution is -2.32. The van der Waals surface area contributed by atoms with Gasteiger partial charge in [-0.05, 0) is 54.8 Å². The Morgan fingerprint density at radius 2 is 1.96 bits per heavy atom. The highest BCUT2D eigenvalue weighted by Gasteiger charge is 2.26. The van der Waals surface area contributed by atoms with E-state index < -0.39 is 11.9 Å². The van der Waals surface area contributed by atoms with Gasteiger partial charge in [0.1, 0.15) is 12.4 Å². The summed E-state index contributed by atoms with van der Waals surface area (Å²) >= 11 is 6.00. The van der Waals surface area contributed by atoms with Crippen LogP contribution in [0.3, 0.4) is 0 Å². The lowest BCUT2D eigenvalue weighted by atomic mass is 9.96. The molecule has 0 aliphatic carbocycles. The monoisotopic (exact) mass is 359 g/mol. The summed E-state index contributed by atoms with van der Waals surface area (Å²) in [5.41, 5.74) is 2.24. The third-order valence-electron chi connectivity index (χ3n) is 4.35. The number of carbonyl (C=O) groups is 2. The zero-order valence-corrected chi connectivity index (χ0v) is 14.4. The molecule has 0 saturated heterocycles. The maximum Gasteiger partial charge on any atom is 0.310 e. The zero-order valence-electron chi connectivity index (χ0n) is 13.7. The summed E-state index contributed by atoms with van der Waals surface area (Å²) in [5.74, 6) is -1.14. The lowest BCUT2D eigenvalue weighted by Gasteiger charge is -2.24. The Bertz CT molecular complexity index is 804.